The highest BCUT2D eigenvalue weighted by atomic mass is 16.5. The van der Waals surface area contributed by atoms with Gasteiger partial charge in [-0.3, -0.25) is 0 Å². The maximum Gasteiger partial charge on any atom is 0.335 e. The lowest BCUT2D eigenvalue weighted by Crippen LogP contribution is -2.19. The molecule has 0 radical (unpaired) electrons. The van der Waals surface area contributed by atoms with Crippen molar-refractivity contribution >= 4 is 5.97 Å². The zero-order valence-electron chi connectivity index (χ0n) is 7.89. The first-order valence-corrected chi connectivity index (χ1v) is 3.82. The first kappa shape index (κ1) is 11.2. The Bertz CT molecular complexity index is 177. The lowest BCUT2D eigenvalue weighted by Gasteiger charge is -2.17. The van der Waals surface area contributed by atoms with E-state index in [9.17, 15) is 4.79 Å². The van der Waals surface area contributed by atoms with Gasteiger partial charge in [0.25, 0.3) is 0 Å². The van der Waals surface area contributed by atoms with Crippen molar-refractivity contribution in [3.63, 3.8) is 0 Å². The summed E-state index contributed by atoms with van der Waals surface area (Å²) in [6.07, 6.45) is 0. The van der Waals surface area contributed by atoms with E-state index in [-0.39, 0.29) is 17.6 Å². The van der Waals surface area contributed by atoms with Gasteiger partial charge >= 0.3 is 5.97 Å². The molecule has 1 N–H and O–H groups in total. The van der Waals surface area contributed by atoms with Gasteiger partial charge in [-0.15, -0.1) is 0 Å². The number of aliphatic hydroxyl groups is 1. The van der Waals surface area contributed by atoms with Crippen LogP contribution in [0, 0.1) is 5.41 Å². The smallest absolute Gasteiger partial charge is 0.335 e. The van der Waals surface area contributed by atoms with E-state index < -0.39 is 5.97 Å². The first-order chi connectivity index (χ1) is 5.37. The Morgan fingerprint density at radius 1 is 1.50 bits per heavy atom. The molecule has 0 aliphatic rings. The van der Waals surface area contributed by atoms with Gasteiger partial charge in [0, 0.05) is 0 Å². The van der Waals surface area contributed by atoms with Gasteiger partial charge in [-0.05, 0) is 5.41 Å². The van der Waals surface area contributed by atoms with E-state index in [1.165, 1.54) is 0 Å². The summed E-state index contributed by atoms with van der Waals surface area (Å²) in [4.78, 5) is 10.9. The van der Waals surface area contributed by atoms with Crippen molar-refractivity contribution in [3.8, 4) is 0 Å². The summed E-state index contributed by atoms with van der Waals surface area (Å²) in [7, 11) is 0. The maximum atomic E-state index is 10.9. The Hall–Kier alpha value is -0.830. The number of hydrogen-bond donors (Lipinski definition) is 1. The molecule has 0 aromatic heterocycles. The van der Waals surface area contributed by atoms with Crippen LogP contribution in [0.25, 0.3) is 0 Å². The SMILES string of the molecule is C=C(CO)C(=O)OCC(C)(C)C. The summed E-state index contributed by atoms with van der Waals surface area (Å²) < 4.78 is 4.86. The zero-order chi connectivity index (χ0) is 9.78. The largest absolute Gasteiger partial charge is 0.462 e. The van der Waals surface area contributed by atoms with Gasteiger partial charge in [-0.25, -0.2) is 4.79 Å². The predicted octanol–water partition coefficient (Wildman–Crippen LogP) is 1.12. The van der Waals surface area contributed by atoms with Crippen molar-refractivity contribution in [2.45, 2.75) is 20.8 Å². The molecule has 0 amide bonds. The van der Waals surface area contributed by atoms with Crippen LogP contribution in [0.4, 0.5) is 0 Å². The van der Waals surface area contributed by atoms with E-state index in [2.05, 4.69) is 6.58 Å². The highest BCUT2D eigenvalue weighted by Crippen LogP contribution is 2.13. The molecule has 0 unspecified atom stereocenters. The summed E-state index contributed by atoms with van der Waals surface area (Å²) in [5, 5.41) is 8.53. The first-order valence-electron chi connectivity index (χ1n) is 3.82. The number of rotatable bonds is 3. The molecule has 3 nitrogen and oxygen atoms in total. The molecule has 0 rings (SSSR count). The summed E-state index contributed by atoms with van der Waals surface area (Å²) in [5.41, 5.74) is 0.0463. The van der Waals surface area contributed by atoms with Gasteiger partial charge in [0.15, 0.2) is 0 Å². The van der Waals surface area contributed by atoms with Crippen molar-refractivity contribution in [2.24, 2.45) is 5.41 Å². The van der Waals surface area contributed by atoms with Crippen molar-refractivity contribution in [1.29, 1.82) is 0 Å². The second-order valence-electron chi connectivity index (χ2n) is 3.90. The highest BCUT2D eigenvalue weighted by molar-refractivity contribution is 5.87. The second kappa shape index (κ2) is 4.26. The second-order valence-corrected chi connectivity index (χ2v) is 3.90. The predicted molar refractivity (Wildman–Crippen MR) is 46.6 cm³/mol. The molecule has 3 heteroatoms. The lowest BCUT2D eigenvalue weighted by molar-refractivity contribution is -0.142. The molecule has 0 saturated heterocycles. The molecule has 0 aromatic carbocycles. The van der Waals surface area contributed by atoms with E-state index in [0.717, 1.165) is 0 Å². The Balaban J connectivity index is 3.80. The number of carbonyl (C=O) groups excluding carboxylic acids is 1. The molecular weight excluding hydrogens is 156 g/mol. The summed E-state index contributed by atoms with van der Waals surface area (Å²) in [5.74, 6) is -0.521. The zero-order valence-corrected chi connectivity index (χ0v) is 7.89. The molecule has 0 aliphatic carbocycles. The van der Waals surface area contributed by atoms with Gasteiger partial charge in [-0.2, -0.15) is 0 Å². The molecule has 12 heavy (non-hydrogen) atoms. The monoisotopic (exact) mass is 172 g/mol. The summed E-state index contributed by atoms with van der Waals surface area (Å²) >= 11 is 0. The van der Waals surface area contributed by atoms with Crippen molar-refractivity contribution in [2.75, 3.05) is 13.2 Å². The minimum absolute atomic E-state index is 0.0502. The number of carbonyl (C=O) groups is 1. The standard InChI is InChI=1S/C9H16O3/c1-7(5-10)8(11)12-6-9(2,3)4/h10H,1,5-6H2,2-4H3. The number of hydrogen-bond acceptors (Lipinski definition) is 3. The number of esters is 1. The van der Waals surface area contributed by atoms with Crippen LogP contribution in [-0.4, -0.2) is 24.3 Å². The minimum Gasteiger partial charge on any atom is -0.462 e. The molecule has 0 bridgehead atoms. The van der Waals surface area contributed by atoms with Crippen LogP contribution in [-0.2, 0) is 9.53 Å². The molecule has 0 saturated carbocycles. The van der Waals surface area contributed by atoms with Gasteiger partial charge in [0.2, 0.25) is 0 Å². The molecule has 0 fully saturated rings. The molecular formula is C9H16O3. The van der Waals surface area contributed by atoms with Gasteiger partial charge in [-0.1, -0.05) is 27.4 Å². The highest BCUT2D eigenvalue weighted by Gasteiger charge is 2.14. The Morgan fingerprint density at radius 3 is 2.33 bits per heavy atom. The third-order valence-electron chi connectivity index (χ3n) is 1.12. The van der Waals surface area contributed by atoms with Crippen LogP contribution in [0.3, 0.4) is 0 Å². The van der Waals surface area contributed by atoms with Crippen LogP contribution in [0.1, 0.15) is 20.8 Å². The van der Waals surface area contributed by atoms with Gasteiger partial charge in [0.1, 0.15) is 0 Å². The quantitative estimate of drug-likeness (QED) is 0.512. The van der Waals surface area contributed by atoms with E-state index in [1.807, 2.05) is 20.8 Å². The number of aliphatic hydroxyl groups excluding tert-OH is 1. The average Bonchev–Trinajstić information content (AvgIpc) is 1.97. The van der Waals surface area contributed by atoms with Crippen LogP contribution in [0.5, 0.6) is 0 Å². The average molecular weight is 172 g/mol. The summed E-state index contributed by atoms with van der Waals surface area (Å²) in [6, 6.07) is 0. The van der Waals surface area contributed by atoms with Crippen molar-refractivity contribution in [3.05, 3.63) is 12.2 Å². The number of ether oxygens (including phenoxy) is 1. The normalized spacial score (nSPS) is 11.0. The molecule has 0 aliphatic heterocycles. The molecule has 0 atom stereocenters. The lowest BCUT2D eigenvalue weighted by atomic mass is 9.99. The Morgan fingerprint density at radius 2 is 2.00 bits per heavy atom. The third kappa shape index (κ3) is 4.91. The summed E-state index contributed by atoms with van der Waals surface area (Å²) in [6.45, 7) is 9.22. The van der Waals surface area contributed by atoms with Crippen LogP contribution in [0.15, 0.2) is 12.2 Å². The third-order valence-corrected chi connectivity index (χ3v) is 1.12. The molecule has 0 aromatic rings. The fourth-order valence-corrected chi connectivity index (χ4v) is 0.449. The van der Waals surface area contributed by atoms with Crippen molar-refractivity contribution in [1.82, 2.24) is 0 Å². The van der Waals surface area contributed by atoms with Crippen LogP contribution < -0.4 is 0 Å². The minimum atomic E-state index is -0.521. The van der Waals surface area contributed by atoms with E-state index in [1.54, 1.807) is 0 Å². The van der Waals surface area contributed by atoms with Crippen molar-refractivity contribution < 1.29 is 14.6 Å². The van der Waals surface area contributed by atoms with Crippen LogP contribution in [0.2, 0.25) is 0 Å². The van der Waals surface area contributed by atoms with Gasteiger partial charge in [0.05, 0.1) is 18.8 Å². The fraction of sp³-hybridized carbons (Fsp3) is 0.667. The molecule has 70 valence electrons. The maximum absolute atomic E-state index is 10.9. The topological polar surface area (TPSA) is 46.5 Å². The Kier molecular flexibility index (Phi) is 3.96. The molecule has 0 spiro atoms. The van der Waals surface area contributed by atoms with Gasteiger partial charge < -0.3 is 9.84 Å². The van der Waals surface area contributed by atoms with E-state index >= 15 is 0 Å². The van der Waals surface area contributed by atoms with E-state index in [4.69, 9.17) is 9.84 Å². The Labute approximate surface area is 73.0 Å². The molecule has 0 heterocycles. The van der Waals surface area contributed by atoms with E-state index in [0.29, 0.717) is 6.61 Å². The fourth-order valence-electron chi connectivity index (χ4n) is 0.449. The van der Waals surface area contributed by atoms with Crippen LogP contribution >= 0.6 is 0 Å².